The number of aromatic nitrogens is 2. The molecular formula is C48H33N3. The number of hydrogen-bond acceptors (Lipinski definition) is 1. The molecule has 2 aromatic heterocycles. The average molecular weight is 652 g/mol. The lowest BCUT2D eigenvalue weighted by Crippen LogP contribution is -2.10. The van der Waals surface area contributed by atoms with Crippen LogP contribution in [0.15, 0.2) is 200 Å². The Morgan fingerprint density at radius 2 is 0.824 bits per heavy atom. The van der Waals surface area contributed by atoms with E-state index in [1.54, 1.807) is 0 Å². The molecule has 0 bridgehead atoms. The minimum atomic E-state index is 1.09. The van der Waals surface area contributed by atoms with Gasteiger partial charge in [-0.05, 0) is 90.0 Å². The number of anilines is 3. The molecule has 0 fully saturated rings. The number of benzene rings is 8. The number of nitrogens with zero attached hydrogens (tertiary/aromatic N) is 3. The Morgan fingerprint density at radius 1 is 0.314 bits per heavy atom. The minimum Gasteiger partial charge on any atom is -0.310 e. The molecule has 0 unspecified atom stereocenters. The summed E-state index contributed by atoms with van der Waals surface area (Å²) in [7, 11) is 0. The van der Waals surface area contributed by atoms with E-state index in [0.29, 0.717) is 0 Å². The third-order valence-corrected chi connectivity index (χ3v) is 10.1. The van der Waals surface area contributed by atoms with Crippen molar-refractivity contribution in [2.24, 2.45) is 0 Å². The van der Waals surface area contributed by atoms with Crippen LogP contribution in [-0.4, -0.2) is 9.13 Å². The van der Waals surface area contributed by atoms with Crippen LogP contribution in [-0.2, 0) is 0 Å². The van der Waals surface area contributed by atoms with Crippen molar-refractivity contribution in [3.63, 3.8) is 0 Å². The zero-order valence-corrected chi connectivity index (χ0v) is 27.9. The van der Waals surface area contributed by atoms with Crippen molar-refractivity contribution in [3.8, 4) is 22.5 Å². The lowest BCUT2D eigenvalue weighted by atomic mass is 9.99. The van der Waals surface area contributed by atoms with Crippen LogP contribution in [0.1, 0.15) is 0 Å². The lowest BCUT2D eigenvalue weighted by Gasteiger charge is -2.26. The molecule has 0 amide bonds. The maximum atomic E-state index is 2.40. The lowest BCUT2D eigenvalue weighted by molar-refractivity contribution is 1.17. The van der Waals surface area contributed by atoms with Gasteiger partial charge in [-0.2, -0.15) is 0 Å². The summed E-state index contributed by atoms with van der Waals surface area (Å²) in [5, 5.41) is 4.97. The zero-order valence-electron chi connectivity index (χ0n) is 27.9. The fourth-order valence-electron chi connectivity index (χ4n) is 7.91. The Bertz CT molecular complexity index is 2790. The van der Waals surface area contributed by atoms with E-state index in [0.717, 1.165) is 28.4 Å². The molecule has 0 radical (unpaired) electrons. The van der Waals surface area contributed by atoms with Crippen LogP contribution in [0.4, 0.5) is 17.1 Å². The fraction of sp³-hybridized carbons (Fsp3) is 0. The molecular weight excluding hydrogens is 619 g/mol. The van der Waals surface area contributed by atoms with Crippen molar-refractivity contribution in [2.75, 3.05) is 4.90 Å². The van der Waals surface area contributed by atoms with Crippen molar-refractivity contribution >= 4 is 60.7 Å². The number of fused-ring (bicyclic) bond motifs is 6. The van der Waals surface area contributed by atoms with Crippen LogP contribution >= 0.6 is 0 Å². The molecule has 0 aliphatic rings. The predicted octanol–water partition coefficient (Wildman–Crippen LogP) is 13.0. The van der Waals surface area contributed by atoms with Gasteiger partial charge in [0.2, 0.25) is 0 Å². The van der Waals surface area contributed by atoms with E-state index in [9.17, 15) is 0 Å². The molecule has 0 N–H and O–H groups in total. The van der Waals surface area contributed by atoms with Crippen LogP contribution in [0.2, 0.25) is 0 Å². The predicted molar refractivity (Wildman–Crippen MR) is 215 cm³/mol. The van der Waals surface area contributed by atoms with Gasteiger partial charge in [0.05, 0.1) is 22.1 Å². The van der Waals surface area contributed by atoms with Crippen LogP contribution < -0.4 is 4.90 Å². The van der Waals surface area contributed by atoms with Crippen LogP contribution in [0, 0.1) is 0 Å². The zero-order chi connectivity index (χ0) is 33.7. The highest BCUT2D eigenvalue weighted by atomic mass is 15.1. The number of para-hydroxylation sites is 4. The highest BCUT2D eigenvalue weighted by Gasteiger charge is 2.20. The van der Waals surface area contributed by atoms with Gasteiger partial charge in [-0.1, -0.05) is 121 Å². The molecule has 10 aromatic rings. The van der Waals surface area contributed by atoms with E-state index in [-0.39, 0.29) is 0 Å². The topological polar surface area (TPSA) is 13.1 Å². The largest absolute Gasteiger partial charge is 0.310 e. The monoisotopic (exact) mass is 651 g/mol. The second kappa shape index (κ2) is 11.9. The van der Waals surface area contributed by atoms with E-state index < -0.39 is 0 Å². The van der Waals surface area contributed by atoms with Crippen molar-refractivity contribution in [3.05, 3.63) is 200 Å². The van der Waals surface area contributed by atoms with Crippen LogP contribution in [0.25, 0.3) is 66.1 Å². The Balaban J connectivity index is 1.23. The average Bonchev–Trinajstić information content (AvgIpc) is 3.72. The van der Waals surface area contributed by atoms with Gasteiger partial charge in [-0.3, -0.25) is 0 Å². The summed E-state index contributed by atoms with van der Waals surface area (Å²) in [6.45, 7) is 0. The maximum Gasteiger partial charge on any atom is 0.0547 e. The molecule has 0 spiro atoms. The summed E-state index contributed by atoms with van der Waals surface area (Å²) >= 11 is 0. The Kier molecular flexibility index (Phi) is 6.81. The quantitative estimate of drug-likeness (QED) is 0.174. The van der Waals surface area contributed by atoms with Crippen molar-refractivity contribution in [2.45, 2.75) is 0 Å². The van der Waals surface area contributed by atoms with Gasteiger partial charge in [-0.15, -0.1) is 0 Å². The number of rotatable bonds is 6. The molecule has 8 aromatic carbocycles. The molecule has 3 nitrogen and oxygen atoms in total. The van der Waals surface area contributed by atoms with Gasteiger partial charge in [0.15, 0.2) is 0 Å². The van der Waals surface area contributed by atoms with E-state index in [2.05, 4.69) is 214 Å². The first-order chi connectivity index (χ1) is 25.3. The molecule has 240 valence electrons. The Hall–Kier alpha value is -6.84. The first kappa shape index (κ1) is 29.1. The summed E-state index contributed by atoms with van der Waals surface area (Å²) in [5.41, 5.74) is 12.8. The highest BCUT2D eigenvalue weighted by Crippen LogP contribution is 2.43. The normalized spacial score (nSPS) is 11.5. The van der Waals surface area contributed by atoms with E-state index in [4.69, 9.17) is 0 Å². The molecule has 2 heterocycles. The summed E-state index contributed by atoms with van der Waals surface area (Å²) < 4.78 is 4.79. The van der Waals surface area contributed by atoms with Crippen molar-refractivity contribution in [1.82, 2.24) is 9.13 Å². The summed E-state index contributed by atoms with van der Waals surface area (Å²) in [6.07, 6.45) is 0. The third kappa shape index (κ3) is 4.74. The Labute approximate surface area is 296 Å². The van der Waals surface area contributed by atoms with Gasteiger partial charge >= 0.3 is 0 Å². The van der Waals surface area contributed by atoms with E-state index >= 15 is 0 Å². The van der Waals surface area contributed by atoms with Crippen LogP contribution in [0.3, 0.4) is 0 Å². The van der Waals surface area contributed by atoms with Gasteiger partial charge in [0.1, 0.15) is 0 Å². The molecule has 51 heavy (non-hydrogen) atoms. The minimum absolute atomic E-state index is 1.09. The first-order valence-corrected chi connectivity index (χ1v) is 17.5. The van der Waals surface area contributed by atoms with Crippen molar-refractivity contribution < 1.29 is 0 Å². The summed E-state index contributed by atoms with van der Waals surface area (Å²) in [4.78, 5) is 2.38. The van der Waals surface area contributed by atoms with Crippen LogP contribution in [0.5, 0.6) is 0 Å². The molecule has 0 aliphatic carbocycles. The highest BCUT2D eigenvalue weighted by molar-refractivity contribution is 6.17. The molecule has 10 rings (SSSR count). The Morgan fingerprint density at radius 3 is 1.55 bits per heavy atom. The maximum absolute atomic E-state index is 2.40. The van der Waals surface area contributed by atoms with E-state index in [1.807, 2.05) is 0 Å². The molecule has 0 atom stereocenters. The van der Waals surface area contributed by atoms with Crippen molar-refractivity contribution in [1.29, 1.82) is 0 Å². The molecule has 3 heteroatoms. The second-order valence-corrected chi connectivity index (χ2v) is 13.0. The first-order valence-electron chi connectivity index (χ1n) is 17.5. The SMILES string of the molecule is c1ccc(-c2cccc3c2c2cc(N(c4ccccc4)c4cccc(-n5c6ccccc6c6ccccc65)c4)ccc2n3-c2ccccc2)cc1. The second-order valence-electron chi connectivity index (χ2n) is 13.0. The fourth-order valence-corrected chi connectivity index (χ4v) is 7.91. The summed E-state index contributed by atoms with van der Waals surface area (Å²) in [6, 6.07) is 72.1. The van der Waals surface area contributed by atoms with Gasteiger partial charge in [-0.25, -0.2) is 0 Å². The van der Waals surface area contributed by atoms with Gasteiger partial charge in [0.25, 0.3) is 0 Å². The van der Waals surface area contributed by atoms with Gasteiger partial charge < -0.3 is 14.0 Å². The third-order valence-electron chi connectivity index (χ3n) is 10.1. The molecule has 0 saturated heterocycles. The summed E-state index contributed by atoms with van der Waals surface area (Å²) in [5.74, 6) is 0. The standard InChI is InChI=1S/C48H33N3/c1-4-16-34(17-5-1)40-26-15-29-47-48(40)43-33-39(30-31-46(43)50(47)36-20-8-3-9-21-36)49(35-18-6-2-7-19-35)37-22-14-23-38(32-37)51-44-27-12-10-24-41(44)42-25-11-13-28-45(42)51/h1-33H. The molecule has 0 saturated carbocycles. The number of hydrogen-bond donors (Lipinski definition) is 0. The smallest absolute Gasteiger partial charge is 0.0547 e. The molecule has 0 aliphatic heterocycles. The van der Waals surface area contributed by atoms with Gasteiger partial charge in [0, 0.05) is 50.0 Å². The van der Waals surface area contributed by atoms with E-state index in [1.165, 1.54) is 54.7 Å².